The number of aryl methyl sites for hydroxylation is 1. The Hall–Kier alpha value is -1.000. The van der Waals surface area contributed by atoms with E-state index < -0.39 is 0 Å². The molecule has 1 aromatic carbocycles. The van der Waals surface area contributed by atoms with Crippen molar-refractivity contribution in [2.24, 2.45) is 0 Å². The number of rotatable bonds is 2. The minimum Gasteiger partial charge on any atom is -0.397 e. The van der Waals surface area contributed by atoms with Crippen LogP contribution in [0.2, 0.25) is 0 Å². The molecule has 1 aromatic heterocycles. The Morgan fingerprint density at radius 3 is 2.69 bits per heavy atom. The Morgan fingerprint density at radius 2 is 2.06 bits per heavy atom. The zero-order chi connectivity index (χ0) is 11.7. The Morgan fingerprint density at radius 1 is 1.31 bits per heavy atom. The molecule has 2 rings (SSSR count). The van der Waals surface area contributed by atoms with Gasteiger partial charge < -0.3 is 10.6 Å². The van der Waals surface area contributed by atoms with E-state index in [-0.39, 0.29) is 0 Å². The topological polar surface area (TPSA) is 29.3 Å². The average Bonchev–Trinajstić information content (AvgIpc) is 2.67. The first-order valence-corrected chi connectivity index (χ1v) is 6.59. The Labute approximate surface area is 108 Å². The summed E-state index contributed by atoms with van der Waals surface area (Å²) in [5.74, 6) is 0. The van der Waals surface area contributed by atoms with E-state index in [1.807, 2.05) is 19.2 Å². The van der Waals surface area contributed by atoms with Crippen molar-refractivity contribution in [2.75, 3.05) is 17.7 Å². The fraction of sp³-hybridized carbons (Fsp3) is 0.167. The lowest BCUT2D eigenvalue weighted by Gasteiger charge is -2.19. The monoisotopic (exact) mass is 296 g/mol. The molecule has 0 saturated carbocycles. The predicted octanol–water partition coefficient (Wildman–Crippen LogP) is 4.17. The van der Waals surface area contributed by atoms with E-state index in [1.165, 1.54) is 10.6 Å². The summed E-state index contributed by atoms with van der Waals surface area (Å²) in [5, 5.41) is 3.24. The zero-order valence-corrected chi connectivity index (χ0v) is 11.6. The molecule has 0 aliphatic rings. The summed E-state index contributed by atoms with van der Waals surface area (Å²) in [7, 11) is 2.03. The fourth-order valence-electron chi connectivity index (χ4n) is 1.54. The first-order valence-electron chi connectivity index (χ1n) is 4.92. The first-order chi connectivity index (χ1) is 7.58. The summed E-state index contributed by atoms with van der Waals surface area (Å²) in [5.41, 5.74) is 9.05. The summed E-state index contributed by atoms with van der Waals surface area (Å²) >= 11 is 5.15. The van der Waals surface area contributed by atoms with Crippen LogP contribution in [-0.2, 0) is 0 Å². The standard InChI is InChI=1S/C12H13BrN2S/c1-8-3-4-10(14)11(5-8)15(2)12-6-9(13)7-16-12/h3-7H,14H2,1-2H3. The van der Waals surface area contributed by atoms with Crippen molar-refractivity contribution in [3.8, 4) is 0 Å². The summed E-state index contributed by atoms with van der Waals surface area (Å²) in [6, 6.07) is 8.16. The Balaban J connectivity index is 2.40. The SMILES string of the molecule is Cc1ccc(N)c(N(C)c2cc(Br)cs2)c1. The molecule has 16 heavy (non-hydrogen) atoms. The van der Waals surface area contributed by atoms with E-state index in [9.17, 15) is 0 Å². The van der Waals surface area contributed by atoms with Gasteiger partial charge in [-0.25, -0.2) is 0 Å². The van der Waals surface area contributed by atoms with Gasteiger partial charge in [-0.2, -0.15) is 0 Å². The van der Waals surface area contributed by atoms with Crippen LogP contribution in [0.4, 0.5) is 16.4 Å². The number of thiophene rings is 1. The van der Waals surface area contributed by atoms with E-state index in [2.05, 4.69) is 45.3 Å². The molecule has 0 aliphatic carbocycles. The summed E-state index contributed by atoms with van der Waals surface area (Å²) < 4.78 is 1.10. The number of nitrogen functional groups attached to an aromatic ring is 1. The molecule has 84 valence electrons. The summed E-state index contributed by atoms with van der Waals surface area (Å²) in [4.78, 5) is 2.11. The highest BCUT2D eigenvalue weighted by Gasteiger charge is 2.09. The van der Waals surface area contributed by atoms with Crippen LogP contribution in [0.15, 0.2) is 34.1 Å². The third kappa shape index (κ3) is 2.23. The number of hydrogen-bond donors (Lipinski definition) is 1. The molecule has 0 radical (unpaired) electrons. The highest BCUT2D eigenvalue weighted by molar-refractivity contribution is 9.10. The van der Waals surface area contributed by atoms with Crippen LogP contribution in [0.5, 0.6) is 0 Å². The molecule has 0 bridgehead atoms. The maximum atomic E-state index is 5.99. The van der Waals surface area contributed by atoms with Crippen LogP contribution >= 0.6 is 27.3 Å². The van der Waals surface area contributed by atoms with E-state index in [0.29, 0.717) is 0 Å². The van der Waals surface area contributed by atoms with Crippen molar-refractivity contribution in [3.63, 3.8) is 0 Å². The number of halogens is 1. The Kier molecular flexibility index (Phi) is 3.21. The molecule has 0 amide bonds. The molecule has 0 aliphatic heterocycles. The number of benzene rings is 1. The first kappa shape index (κ1) is 11.5. The van der Waals surface area contributed by atoms with E-state index in [4.69, 9.17) is 5.73 Å². The van der Waals surface area contributed by atoms with Gasteiger partial charge in [0.15, 0.2) is 0 Å². The van der Waals surface area contributed by atoms with Crippen molar-refractivity contribution in [1.82, 2.24) is 0 Å². The molecule has 1 heterocycles. The van der Waals surface area contributed by atoms with Gasteiger partial charge >= 0.3 is 0 Å². The van der Waals surface area contributed by atoms with Crippen molar-refractivity contribution < 1.29 is 0 Å². The van der Waals surface area contributed by atoms with Gasteiger partial charge in [0.25, 0.3) is 0 Å². The molecule has 2 N–H and O–H groups in total. The van der Waals surface area contributed by atoms with Crippen LogP contribution in [0, 0.1) is 6.92 Å². The zero-order valence-electron chi connectivity index (χ0n) is 9.20. The maximum absolute atomic E-state index is 5.99. The minimum atomic E-state index is 0.803. The number of nitrogens with two attached hydrogens (primary N) is 1. The minimum absolute atomic E-state index is 0.803. The maximum Gasteiger partial charge on any atom is 0.0962 e. The smallest absolute Gasteiger partial charge is 0.0962 e. The normalized spacial score (nSPS) is 10.4. The van der Waals surface area contributed by atoms with Gasteiger partial charge in [0.1, 0.15) is 0 Å². The highest BCUT2D eigenvalue weighted by Crippen LogP contribution is 2.35. The molecule has 2 nitrogen and oxygen atoms in total. The predicted molar refractivity (Wildman–Crippen MR) is 75.7 cm³/mol. The molecule has 0 spiro atoms. The quantitative estimate of drug-likeness (QED) is 0.843. The third-order valence-corrected chi connectivity index (χ3v) is 4.20. The van der Waals surface area contributed by atoms with Crippen LogP contribution in [0.25, 0.3) is 0 Å². The number of anilines is 3. The molecule has 2 aromatic rings. The summed E-state index contributed by atoms with van der Waals surface area (Å²) in [6.07, 6.45) is 0. The number of hydrogen-bond acceptors (Lipinski definition) is 3. The van der Waals surface area contributed by atoms with Crippen molar-refractivity contribution in [1.29, 1.82) is 0 Å². The van der Waals surface area contributed by atoms with Gasteiger partial charge in [-0.05, 0) is 46.6 Å². The number of nitrogens with zero attached hydrogens (tertiary/aromatic N) is 1. The van der Waals surface area contributed by atoms with Crippen molar-refractivity contribution in [3.05, 3.63) is 39.7 Å². The van der Waals surface area contributed by atoms with E-state index in [0.717, 1.165) is 15.8 Å². The average molecular weight is 297 g/mol. The van der Waals surface area contributed by atoms with Gasteiger partial charge in [0, 0.05) is 16.9 Å². The van der Waals surface area contributed by atoms with Crippen LogP contribution in [0.1, 0.15) is 5.56 Å². The lowest BCUT2D eigenvalue weighted by atomic mass is 10.2. The van der Waals surface area contributed by atoms with Crippen LogP contribution in [-0.4, -0.2) is 7.05 Å². The van der Waals surface area contributed by atoms with Gasteiger partial charge in [-0.1, -0.05) is 6.07 Å². The van der Waals surface area contributed by atoms with Crippen LogP contribution in [0.3, 0.4) is 0 Å². The highest BCUT2D eigenvalue weighted by atomic mass is 79.9. The largest absolute Gasteiger partial charge is 0.397 e. The lowest BCUT2D eigenvalue weighted by Crippen LogP contribution is -2.10. The molecule has 0 atom stereocenters. The third-order valence-electron chi connectivity index (χ3n) is 2.43. The summed E-state index contributed by atoms with van der Waals surface area (Å²) in [6.45, 7) is 2.07. The van der Waals surface area contributed by atoms with E-state index in [1.54, 1.807) is 11.3 Å². The molecule has 0 saturated heterocycles. The molecule has 0 fully saturated rings. The van der Waals surface area contributed by atoms with Gasteiger partial charge in [0.2, 0.25) is 0 Å². The fourth-order valence-corrected chi connectivity index (χ4v) is 2.94. The second-order valence-electron chi connectivity index (χ2n) is 3.72. The van der Waals surface area contributed by atoms with Gasteiger partial charge in [-0.3, -0.25) is 0 Å². The van der Waals surface area contributed by atoms with Crippen molar-refractivity contribution in [2.45, 2.75) is 6.92 Å². The Bertz CT molecular complexity index is 507. The van der Waals surface area contributed by atoms with Crippen LogP contribution < -0.4 is 10.6 Å². The van der Waals surface area contributed by atoms with Gasteiger partial charge in [0.05, 0.1) is 16.4 Å². The molecular weight excluding hydrogens is 284 g/mol. The van der Waals surface area contributed by atoms with Crippen molar-refractivity contribution >= 4 is 43.6 Å². The molecule has 4 heteroatoms. The van der Waals surface area contributed by atoms with E-state index >= 15 is 0 Å². The van der Waals surface area contributed by atoms with Gasteiger partial charge in [-0.15, -0.1) is 11.3 Å². The lowest BCUT2D eigenvalue weighted by molar-refractivity contribution is 1.23. The second kappa shape index (κ2) is 4.47. The second-order valence-corrected chi connectivity index (χ2v) is 5.53. The molecular formula is C12H13BrN2S. The molecule has 0 unspecified atom stereocenters.